The molecule has 1 unspecified atom stereocenters. The largest absolute Gasteiger partial charge is 0.493 e. The van der Waals surface area contributed by atoms with Gasteiger partial charge in [0.25, 0.3) is 0 Å². The first-order chi connectivity index (χ1) is 12.2. The first-order valence-corrected chi connectivity index (χ1v) is 7.79. The molecular formula is C19H17NO5. The maximum absolute atomic E-state index is 10.9. The van der Waals surface area contributed by atoms with E-state index in [1.807, 2.05) is 18.2 Å². The average molecular weight is 339 g/mol. The first kappa shape index (κ1) is 15.5. The van der Waals surface area contributed by atoms with Crippen molar-refractivity contribution in [2.45, 2.75) is 6.10 Å². The van der Waals surface area contributed by atoms with Gasteiger partial charge in [0.1, 0.15) is 6.10 Å². The second-order valence-electron chi connectivity index (χ2n) is 5.64. The molecule has 0 fully saturated rings. The van der Waals surface area contributed by atoms with E-state index in [4.69, 9.17) is 18.9 Å². The summed E-state index contributed by atoms with van der Waals surface area (Å²) in [7, 11) is 3.17. The number of hydrogen-bond acceptors (Lipinski definition) is 6. The number of benzene rings is 2. The van der Waals surface area contributed by atoms with Crippen LogP contribution in [0.1, 0.15) is 17.4 Å². The van der Waals surface area contributed by atoms with E-state index >= 15 is 0 Å². The van der Waals surface area contributed by atoms with Crippen LogP contribution in [0.25, 0.3) is 10.8 Å². The number of hydrogen-bond donors (Lipinski definition) is 1. The molecule has 1 aliphatic heterocycles. The van der Waals surface area contributed by atoms with E-state index in [-0.39, 0.29) is 6.79 Å². The molecule has 6 heteroatoms. The van der Waals surface area contributed by atoms with Gasteiger partial charge in [0, 0.05) is 11.6 Å². The number of methoxy groups -OCH3 is 2. The molecule has 2 heterocycles. The molecule has 6 nitrogen and oxygen atoms in total. The summed E-state index contributed by atoms with van der Waals surface area (Å²) >= 11 is 0. The van der Waals surface area contributed by atoms with Crippen molar-refractivity contribution in [1.82, 2.24) is 4.98 Å². The predicted molar refractivity (Wildman–Crippen MR) is 91.5 cm³/mol. The summed E-state index contributed by atoms with van der Waals surface area (Å²) in [6.45, 7) is 0.193. The molecule has 0 radical (unpaired) electrons. The van der Waals surface area contributed by atoms with Crippen molar-refractivity contribution in [2.75, 3.05) is 21.0 Å². The molecule has 1 N–H and O–H groups in total. The quantitative estimate of drug-likeness (QED) is 0.788. The number of pyridine rings is 1. The topological polar surface area (TPSA) is 70.0 Å². The fourth-order valence-corrected chi connectivity index (χ4v) is 2.98. The highest BCUT2D eigenvalue weighted by molar-refractivity contribution is 5.88. The van der Waals surface area contributed by atoms with Crippen LogP contribution in [0, 0.1) is 0 Å². The molecule has 1 aromatic heterocycles. The van der Waals surface area contributed by atoms with Crippen LogP contribution in [-0.4, -0.2) is 31.1 Å². The molecule has 4 rings (SSSR count). The van der Waals surface area contributed by atoms with Crippen LogP contribution in [0.2, 0.25) is 0 Å². The SMILES string of the molecule is COc1cc2ccnc(C(O)c3ccc4c(c3)OCO4)c2cc1OC. The number of aromatic nitrogens is 1. The van der Waals surface area contributed by atoms with Crippen molar-refractivity contribution in [3.8, 4) is 23.0 Å². The molecule has 0 saturated heterocycles. The molecule has 25 heavy (non-hydrogen) atoms. The maximum Gasteiger partial charge on any atom is 0.231 e. The zero-order valence-electron chi connectivity index (χ0n) is 13.9. The fraction of sp³-hybridized carbons (Fsp3) is 0.211. The average Bonchev–Trinajstić information content (AvgIpc) is 3.13. The molecule has 0 spiro atoms. The molecule has 3 aromatic rings. The third-order valence-electron chi connectivity index (χ3n) is 4.27. The van der Waals surface area contributed by atoms with Gasteiger partial charge >= 0.3 is 0 Å². The minimum absolute atomic E-state index is 0.193. The highest BCUT2D eigenvalue weighted by Crippen LogP contribution is 2.38. The van der Waals surface area contributed by atoms with Crippen LogP contribution >= 0.6 is 0 Å². The number of aliphatic hydroxyl groups is 1. The summed E-state index contributed by atoms with van der Waals surface area (Å²) in [4.78, 5) is 4.39. The smallest absolute Gasteiger partial charge is 0.231 e. The normalized spacial score (nSPS) is 13.7. The Balaban J connectivity index is 1.82. The lowest BCUT2D eigenvalue weighted by Crippen LogP contribution is -2.04. The summed E-state index contributed by atoms with van der Waals surface area (Å²) in [5.41, 5.74) is 1.22. The minimum atomic E-state index is -0.906. The fourth-order valence-electron chi connectivity index (χ4n) is 2.98. The van der Waals surface area contributed by atoms with Crippen LogP contribution in [0.3, 0.4) is 0 Å². The van der Waals surface area contributed by atoms with Gasteiger partial charge in [-0.3, -0.25) is 4.98 Å². The Bertz CT molecular complexity index is 940. The van der Waals surface area contributed by atoms with Crippen LogP contribution < -0.4 is 18.9 Å². The van der Waals surface area contributed by atoms with Gasteiger partial charge in [-0.2, -0.15) is 0 Å². The standard InChI is InChI=1S/C19H17NO5/c1-22-15-7-11-5-6-20-18(13(11)9-16(15)23-2)19(21)12-3-4-14-17(8-12)25-10-24-14/h3-9,19,21H,10H2,1-2H3. The third-order valence-corrected chi connectivity index (χ3v) is 4.27. The van der Waals surface area contributed by atoms with E-state index in [1.165, 1.54) is 0 Å². The Labute approximate surface area is 144 Å². The number of ether oxygens (including phenoxy) is 4. The maximum atomic E-state index is 10.9. The third kappa shape index (κ3) is 2.60. The first-order valence-electron chi connectivity index (χ1n) is 7.79. The van der Waals surface area contributed by atoms with Gasteiger partial charge in [-0.15, -0.1) is 0 Å². The van der Waals surface area contributed by atoms with E-state index in [1.54, 1.807) is 38.6 Å². The van der Waals surface area contributed by atoms with Crippen molar-refractivity contribution in [2.24, 2.45) is 0 Å². The predicted octanol–water partition coefficient (Wildman–Crippen LogP) is 3.06. The molecule has 128 valence electrons. The molecule has 1 atom stereocenters. The van der Waals surface area contributed by atoms with E-state index in [9.17, 15) is 5.11 Å². The number of nitrogens with zero attached hydrogens (tertiary/aromatic N) is 1. The van der Waals surface area contributed by atoms with E-state index in [2.05, 4.69) is 4.98 Å². The van der Waals surface area contributed by atoms with Gasteiger partial charge in [0.2, 0.25) is 6.79 Å². The Morgan fingerprint density at radius 2 is 1.76 bits per heavy atom. The minimum Gasteiger partial charge on any atom is -0.493 e. The molecule has 1 aliphatic rings. The number of aliphatic hydroxyl groups excluding tert-OH is 1. The molecule has 2 aromatic carbocycles. The summed E-state index contributed by atoms with van der Waals surface area (Å²) < 4.78 is 21.4. The van der Waals surface area contributed by atoms with Crippen molar-refractivity contribution in [3.05, 3.63) is 53.9 Å². The summed E-state index contributed by atoms with van der Waals surface area (Å²) in [5, 5.41) is 12.6. The van der Waals surface area contributed by atoms with E-state index in [0.29, 0.717) is 34.3 Å². The van der Waals surface area contributed by atoms with Crippen LogP contribution in [0.15, 0.2) is 42.6 Å². The van der Waals surface area contributed by atoms with Crippen molar-refractivity contribution in [3.63, 3.8) is 0 Å². The van der Waals surface area contributed by atoms with Crippen LogP contribution in [-0.2, 0) is 0 Å². The van der Waals surface area contributed by atoms with Gasteiger partial charge in [-0.05, 0) is 41.3 Å². The Morgan fingerprint density at radius 1 is 1.00 bits per heavy atom. The lowest BCUT2D eigenvalue weighted by molar-refractivity contribution is 0.173. The summed E-state index contributed by atoms with van der Waals surface area (Å²) in [6.07, 6.45) is 0.760. The van der Waals surface area contributed by atoms with E-state index < -0.39 is 6.10 Å². The summed E-state index contributed by atoms with van der Waals surface area (Å²) in [6, 6.07) is 10.9. The van der Waals surface area contributed by atoms with Gasteiger partial charge in [-0.1, -0.05) is 6.07 Å². The molecule has 0 aliphatic carbocycles. The Morgan fingerprint density at radius 3 is 2.56 bits per heavy atom. The zero-order valence-corrected chi connectivity index (χ0v) is 13.9. The second-order valence-corrected chi connectivity index (χ2v) is 5.64. The van der Waals surface area contributed by atoms with Crippen LogP contribution in [0.4, 0.5) is 0 Å². The van der Waals surface area contributed by atoms with Crippen molar-refractivity contribution in [1.29, 1.82) is 0 Å². The highest BCUT2D eigenvalue weighted by atomic mass is 16.7. The van der Waals surface area contributed by atoms with Crippen molar-refractivity contribution >= 4 is 10.8 Å². The Kier molecular flexibility index (Phi) is 3.82. The highest BCUT2D eigenvalue weighted by Gasteiger charge is 2.21. The van der Waals surface area contributed by atoms with Gasteiger partial charge in [0.15, 0.2) is 23.0 Å². The molecule has 0 amide bonds. The van der Waals surface area contributed by atoms with Gasteiger partial charge in [0.05, 0.1) is 19.9 Å². The lowest BCUT2D eigenvalue weighted by Gasteiger charge is -2.15. The van der Waals surface area contributed by atoms with Crippen LogP contribution in [0.5, 0.6) is 23.0 Å². The Hall–Kier alpha value is -2.99. The van der Waals surface area contributed by atoms with Gasteiger partial charge < -0.3 is 24.1 Å². The van der Waals surface area contributed by atoms with Gasteiger partial charge in [-0.25, -0.2) is 0 Å². The molecular weight excluding hydrogens is 322 g/mol. The van der Waals surface area contributed by atoms with E-state index in [0.717, 1.165) is 10.8 Å². The second kappa shape index (κ2) is 6.14. The summed E-state index contributed by atoms with van der Waals surface area (Å²) in [5.74, 6) is 2.51. The number of rotatable bonds is 4. The lowest BCUT2D eigenvalue weighted by atomic mass is 10.00. The monoisotopic (exact) mass is 339 g/mol. The molecule has 0 bridgehead atoms. The van der Waals surface area contributed by atoms with Crippen molar-refractivity contribution < 1.29 is 24.1 Å². The molecule has 0 saturated carbocycles. The zero-order chi connectivity index (χ0) is 17.4. The number of fused-ring (bicyclic) bond motifs is 2.